The van der Waals surface area contributed by atoms with E-state index in [2.05, 4.69) is 18.8 Å². The lowest BCUT2D eigenvalue weighted by atomic mass is 9.93. The summed E-state index contributed by atoms with van der Waals surface area (Å²) in [5.74, 6) is -0.466. The molecular weight excluding hydrogens is 246 g/mol. The molecule has 1 heterocycles. The summed E-state index contributed by atoms with van der Waals surface area (Å²) in [4.78, 5) is 17.6. The summed E-state index contributed by atoms with van der Waals surface area (Å²) in [6.45, 7) is 10.2. The molecular formula is C13H23N3O3. The van der Waals surface area contributed by atoms with Crippen molar-refractivity contribution < 1.29 is 13.9 Å². The Bertz CT molecular complexity index is 415. The topological polar surface area (TPSA) is 81.6 Å². The Hall–Kier alpha value is -1.56. The average molecular weight is 269 g/mol. The standard InChI is InChI=1S/C13H23N3O3/c1-5-16(9-13(3,4)8-14)12-15-10(7-19-12)11(17)18-6-2/h7H,5-6,8-9,14H2,1-4H3. The highest BCUT2D eigenvalue weighted by Gasteiger charge is 2.23. The Morgan fingerprint density at radius 2 is 2.21 bits per heavy atom. The number of rotatable bonds is 7. The van der Waals surface area contributed by atoms with Gasteiger partial charge in [0.05, 0.1) is 6.61 Å². The normalized spacial score (nSPS) is 11.4. The van der Waals surface area contributed by atoms with Crippen molar-refractivity contribution in [3.8, 4) is 0 Å². The van der Waals surface area contributed by atoms with Crippen LogP contribution in [0.15, 0.2) is 10.7 Å². The van der Waals surface area contributed by atoms with E-state index in [1.165, 1.54) is 6.26 Å². The number of aromatic nitrogens is 1. The summed E-state index contributed by atoms with van der Waals surface area (Å²) in [5.41, 5.74) is 5.88. The van der Waals surface area contributed by atoms with E-state index in [1.54, 1.807) is 6.92 Å². The number of anilines is 1. The first-order chi connectivity index (χ1) is 8.93. The lowest BCUT2D eigenvalue weighted by molar-refractivity contribution is 0.0519. The van der Waals surface area contributed by atoms with Crippen LogP contribution in [0, 0.1) is 5.41 Å². The molecule has 0 fully saturated rings. The molecule has 0 unspecified atom stereocenters. The van der Waals surface area contributed by atoms with E-state index in [0.717, 1.165) is 6.54 Å². The zero-order valence-electron chi connectivity index (χ0n) is 12.1. The van der Waals surface area contributed by atoms with Crippen LogP contribution in [0.1, 0.15) is 38.2 Å². The zero-order valence-corrected chi connectivity index (χ0v) is 12.1. The third kappa shape index (κ3) is 4.24. The number of hydrogen-bond donors (Lipinski definition) is 1. The van der Waals surface area contributed by atoms with Gasteiger partial charge in [0, 0.05) is 13.1 Å². The fourth-order valence-electron chi connectivity index (χ4n) is 1.60. The van der Waals surface area contributed by atoms with Crippen molar-refractivity contribution in [2.24, 2.45) is 11.1 Å². The molecule has 1 aromatic heterocycles. The van der Waals surface area contributed by atoms with Gasteiger partial charge in [-0.25, -0.2) is 4.79 Å². The molecule has 0 aliphatic carbocycles. The van der Waals surface area contributed by atoms with Crippen LogP contribution in [0.25, 0.3) is 0 Å². The Balaban J connectivity index is 2.80. The minimum Gasteiger partial charge on any atom is -0.461 e. The molecule has 0 aromatic carbocycles. The van der Waals surface area contributed by atoms with Gasteiger partial charge < -0.3 is 19.8 Å². The van der Waals surface area contributed by atoms with Crippen molar-refractivity contribution in [2.75, 3.05) is 31.1 Å². The highest BCUT2D eigenvalue weighted by molar-refractivity contribution is 5.87. The van der Waals surface area contributed by atoms with E-state index >= 15 is 0 Å². The van der Waals surface area contributed by atoms with E-state index in [0.29, 0.717) is 25.7 Å². The quantitative estimate of drug-likeness (QED) is 0.758. The summed E-state index contributed by atoms with van der Waals surface area (Å²) in [6, 6.07) is 0.423. The molecule has 0 aliphatic heterocycles. The van der Waals surface area contributed by atoms with Crippen molar-refractivity contribution in [2.45, 2.75) is 27.7 Å². The molecule has 108 valence electrons. The van der Waals surface area contributed by atoms with Crippen LogP contribution in [0.2, 0.25) is 0 Å². The molecule has 6 nitrogen and oxygen atoms in total. The van der Waals surface area contributed by atoms with Gasteiger partial charge in [-0.15, -0.1) is 0 Å². The predicted octanol–water partition coefficient (Wildman–Crippen LogP) is 1.66. The smallest absolute Gasteiger partial charge is 0.360 e. The van der Waals surface area contributed by atoms with E-state index in [1.807, 2.05) is 11.8 Å². The number of hydrogen-bond acceptors (Lipinski definition) is 6. The fourth-order valence-corrected chi connectivity index (χ4v) is 1.60. The molecule has 2 N–H and O–H groups in total. The first kappa shape index (κ1) is 15.5. The number of carbonyl (C=O) groups is 1. The van der Waals surface area contributed by atoms with Crippen LogP contribution in [0.5, 0.6) is 0 Å². The summed E-state index contributed by atoms with van der Waals surface area (Å²) in [5, 5.41) is 0. The van der Waals surface area contributed by atoms with Gasteiger partial charge in [-0.3, -0.25) is 0 Å². The van der Waals surface area contributed by atoms with E-state index in [-0.39, 0.29) is 11.1 Å². The third-order valence-electron chi connectivity index (χ3n) is 2.80. The van der Waals surface area contributed by atoms with Crippen LogP contribution < -0.4 is 10.6 Å². The van der Waals surface area contributed by atoms with Crippen LogP contribution in [0.3, 0.4) is 0 Å². The molecule has 0 atom stereocenters. The predicted molar refractivity (Wildman–Crippen MR) is 73.2 cm³/mol. The van der Waals surface area contributed by atoms with Crippen molar-refractivity contribution in [3.63, 3.8) is 0 Å². The molecule has 0 saturated heterocycles. The average Bonchev–Trinajstić information content (AvgIpc) is 2.86. The summed E-state index contributed by atoms with van der Waals surface area (Å²) < 4.78 is 10.2. The molecule has 0 amide bonds. The van der Waals surface area contributed by atoms with Crippen molar-refractivity contribution in [1.82, 2.24) is 4.98 Å². The van der Waals surface area contributed by atoms with Crippen LogP contribution >= 0.6 is 0 Å². The number of carbonyl (C=O) groups excluding carboxylic acids is 1. The zero-order chi connectivity index (χ0) is 14.5. The maximum Gasteiger partial charge on any atom is 0.360 e. The van der Waals surface area contributed by atoms with Gasteiger partial charge in [0.1, 0.15) is 6.26 Å². The molecule has 0 bridgehead atoms. The van der Waals surface area contributed by atoms with Gasteiger partial charge in [0.15, 0.2) is 5.69 Å². The molecule has 6 heteroatoms. The molecule has 0 saturated carbocycles. The van der Waals surface area contributed by atoms with E-state index < -0.39 is 5.97 Å². The first-order valence-electron chi connectivity index (χ1n) is 6.51. The SMILES string of the molecule is CCOC(=O)c1coc(N(CC)CC(C)(C)CN)n1. The molecule has 19 heavy (non-hydrogen) atoms. The van der Waals surface area contributed by atoms with E-state index in [4.69, 9.17) is 14.9 Å². The second kappa shape index (κ2) is 6.56. The molecule has 0 spiro atoms. The van der Waals surface area contributed by atoms with Crippen LogP contribution in [-0.2, 0) is 4.74 Å². The lowest BCUT2D eigenvalue weighted by Crippen LogP contribution is -2.39. The number of nitrogens with zero attached hydrogens (tertiary/aromatic N) is 2. The fraction of sp³-hybridized carbons (Fsp3) is 0.692. The Morgan fingerprint density at radius 3 is 2.74 bits per heavy atom. The van der Waals surface area contributed by atoms with Gasteiger partial charge in [-0.2, -0.15) is 4.98 Å². The molecule has 0 radical (unpaired) electrons. The second-order valence-corrected chi connectivity index (χ2v) is 5.12. The molecule has 1 aromatic rings. The number of oxazole rings is 1. The lowest BCUT2D eigenvalue weighted by Gasteiger charge is -2.29. The highest BCUT2D eigenvalue weighted by atomic mass is 16.5. The van der Waals surface area contributed by atoms with Crippen molar-refractivity contribution >= 4 is 12.0 Å². The van der Waals surface area contributed by atoms with E-state index in [9.17, 15) is 4.79 Å². The Labute approximate surface area is 113 Å². The Kier molecular flexibility index (Phi) is 5.35. The van der Waals surface area contributed by atoms with Crippen molar-refractivity contribution in [1.29, 1.82) is 0 Å². The van der Waals surface area contributed by atoms with Gasteiger partial charge in [0.25, 0.3) is 6.01 Å². The second-order valence-electron chi connectivity index (χ2n) is 5.12. The number of ether oxygens (including phenoxy) is 1. The minimum atomic E-state index is -0.466. The summed E-state index contributed by atoms with van der Waals surface area (Å²) in [7, 11) is 0. The number of nitrogens with two attached hydrogens (primary N) is 1. The van der Waals surface area contributed by atoms with Crippen LogP contribution in [-0.4, -0.2) is 37.2 Å². The maximum absolute atomic E-state index is 11.5. The minimum absolute atomic E-state index is 0.0471. The van der Waals surface area contributed by atoms with Crippen molar-refractivity contribution in [3.05, 3.63) is 12.0 Å². The van der Waals surface area contributed by atoms with Gasteiger partial charge in [-0.1, -0.05) is 13.8 Å². The van der Waals surface area contributed by atoms with Crippen LogP contribution in [0.4, 0.5) is 6.01 Å². The van der Waals surface area contributed by atoms with Gasteiger partial charge in [-0.05, 0) is 25.8 Å². The number of esters is 1. The maximum atomic E-state index is 11.5. The largest absolute Gasteiger partial charge is 0.461 e. The summed E-state index contributed by atoms with van der Waals surface area (Å²) in [6.07, 6.45) is 1.32. The molecule has 1 rings (SSSR count). The van der Waals surface area contributed by atoms with Gasteiger partial charge in [0.2, 0.25) is 0 Å². The summed E-state index contributed by atoms with van der Waals surface area (Å²) >= 11 is 0. The van der Waals surface area contributed by atoms with Gasteiger partial charge >= 0.3 is 5.97 Å². The first-order valence-corrected chi connectivity index (χ1v) is 6.51. The molecule has 0 aliphatic rings. The highest BCUT2D eigenvalue weighted by Crippen LogP contribution is 2.21. The Morgan fingerprint density at radius 1 is 1.53 bits per heavy atom. The monoisotopic (exact) mass is 269 g/mol. The third-order valence-corrected chi connectivity index (χ3v) is 2.80.